The third-order valence-electron chi connectivity index (χ3n) is 4.53. The molecule has 1 saturated carbocycles. The fourth-order valence-corrected chi connectivity index (χ4v) is 2.76. The van der Waals surface area contributed by atoms with Crippen molar-refractivity contribution in [2.75, 3.05) is 31.6 Å². The first kappa shape index (κ1) is 18.2. The summed E-state index contributed by atoms with van der Waals surface area (Å²) in [5.41, 5.74) is 0.948. The Balaban J connectivity index is 0.000000256. The Morgan fingerprint density at radius 3 is 2.38 bits per heavy atom. The smallest absolute Gasteiger partial charge is 0.410 e. The fourth-order valence-electron chi connectivity index (χ4n) is 2.76. The van der Waals surface area contributed by atoms with Crippen LogP contribution < -0.4 is 5.32 Å². The molecule has 0 bridgehead atoms. The molecule has 7 nitrogen and oxygen atoms in total. The van der Waals surface area contributed by atoms with E-state index in [1.165, 1.54) is 25.7 Å². The van der Waals surface area contributed by atoms with Crippen molar-refractivity contribution in [1.29, 1.82) is 0 Å². The molecule has 2 aliphatic rings. The van der Waals surface area contributed by atoms with E-state index in [4.69, 9.17) is 9.84 Å². The van der Waals surface area contributed by atoms with Gasteiger partial charge in [0.1, 0.15) is 12.4 Å². The van der Waals surface area contributed by atoms with Crippen LogP contribution >= 0.6 is 0 Å². The summed E-state index contributed by atoms with van der Waals surface area (Å²) in [5, 5.41) is 10.8. The largest absolute Gasteiger partial charge is 0.465 e. The summed E-state index contributed by atoms with van der Waals surface area (Å²) in [6.07, 6.45) is 0.689. The van der Waals surface area contributed by atoms with Gasteiger partial charge in [-0.15, -0.1) is 0 Å². The molecule has 0 aromatic carbocycles. The Morgan fingerprint density at radius 1 is 1.29 bits per heavy atom. The van der Waals surface area contributed by atoms with Crippen LogP contribution in [0, 0.1) is 0 Å². The van der Waals surface area contributed by atoms with Crippen LogP contribution in [0.15, 0.2) is 12.1 Å². The van der Waals surface area contributed by atoms with Crippen molar-refractivity contribution in [3.05, 3.63) is 23.4 Å². The maximum atomic E-state index is 11.5. The minimum atomic E-state index is -1.17. The Kier molecular flexibility index (Phi) is 5.77. The topological polar surface area (TPSA) is 91.8 Å². The first-order chi connectivity index (χ1) is 11.5. The van der Waals surface area contributed by atoms with Gasteiger partial charge in [0.15, 0.2) is 0 Å². The minimum absolute atomic E-state index is 0.167. The van der Waals surface area contributed by atoms with Gasteiger partial charge in [0.05, 0.1) is 11.3 Å². The van der Waals surface area contributed by atoms with Gasteiger partial charge in [-0.1, -0.05) is 20.8 Å². The quantitative estimate of drug-likeness (QED) is 0.822. The number of carbonyl (C=O) groups is 2. The van der Waals surface area contributed by atoms with E-state index in [1.54, 1.807) is 6.07 Å². The van der Waals surface area contributed by atoms with Crippen LogP contribution in [0.5, 0.6) is 0 Å². The van der Waals surface area contributed by atoms with E-state index in [2.05, 4.69) is 36.0 Å². The first-order valence-corrected chi connectivity index (χ1v) is 8.36. The predicted octanol–water partition coefficient (Wildman–Crippen LogP) is 2.72. The summed E-state index contributed by atoms with van der Waals surface area (Å²) in [7, 11) is 0. The van der Waals surface area contributed by atoms with Crippen LogP contribution in [-0.2, 0) is 10.2 Å². The lowest BCUT2D eigenvalue weighted by molar-refractivity contribution is 0.0418. The molecule has 1 amide bonds. The lowest BCUT2D eigenvalue weighted by Gasteiger charge is -2.23. The molecule has 1 fully saturated rings. The van der Waals surface area contributed by atoms with Crippen LogP contribution in [0.1, 0.15) is 49.7 Å². The molecule has 132 valence electrons. The molecule has 2 N–H and O–H groups in total. The monoisotopic (exact) mass is 335 g/mol. The number of esters is 1. The molecule has 24 heavy (non-hydrogen) atoms. The number of carbonyl (C=O) groups excluding carboxylic acids is 1. The van der Waals surface area contributed by atoms with Crippen LogP contribution in [-0.4, -0.2) is 53.3 Å². The van der Waals surface area contributed by atoms with Crippen molar-refractivity contribution in [1.82, 2.24) is 9.88 Å². The number of nitrogens with zero attached hydrogens (tertiary/aromatic N) is 2. The summed E-state index contributed by atoms with van der Waals surface area (Å²) >= 11 is 0. The summed E-state index contributed by atoms with van der Waals surface area (Å²) in [5.74, 6) is -0.135. The number of ether oxygens (including phenoxy) is 1. The van der Waals surface area contributed by atoms with Gasteiger partial charge in [-0.25, -0.2) is 14.6 Å². The van der Waals surface area contributed by atoms with Crippen LogP contribution in [0.4, 0.5) is 10.6 Å². The molecule has 2 heterocycles. The molecular formula is C17H25N3O4. The van der Waals surface area contributed by atoms with E-state index < -0.39 is 6.09 Å². The predicted molar refractivity (Wildman–Crippen MR) is 90.5 cm³/mol. The number of rotatable bonds is 4. The van der Waals surface area contributed by atoms with Gasteiger partial charge >= 0.3 is 12.1 Å². The standard InChI is InChI=1S/C11H10N2O4.C6H15N/c14-9-6-1-2-7(13-10(15)16)12-8(6)11(3-4-11)5-17-9;1-4-7(5-2)6-3/h1-2H,3-5H2,(H,12,13)(H,15,16);4-6H2,1-3H3. The zero-order chi connectivity index (χ0) is 17.7. The average Bonchev–Trinajstić information content (AvgIpc) is 3.34. The highest BCUT2D eigenvalue weighted by Crippen LogP contribution is 2.51. The van der Waals surface area contributed by atoms with Crippen molar-refractivity contribution in [3.8, 4) is 0 Å². The second-order valence-corrected chi connectivity index (χ2v) is 6.00. The number of fused-ring (bicyclic) bond motifs is 2. The van der Waals surface area contributed by atoms with E-state index in [0.29, 0.717) is 17.9 Å². The van der Waals surface area contributed by atoms with E-state index in [9.17, 15) is 9.59 Å². The Morgan fingerprint density at radius 2 is 1.92 bits per heavy atom. The van der Waals surface area contributed by atoms with Crippen molar-refractivity contribution in [3.63, 3.8) is 0 Å². The van der Waals surface area contributed by atoms with Gasteiger partial charge in [-0.2, -0.15) is 0 Å². The highest BCUT2D eigenvalue weighted by Gasteiger charge is 2.51. The molecular weight excluding hydrogens is 310 g/mol. The Labute approximate surface area is 142 Å². The average molecular weight is 335 g/mol. The van der Waals surface area contributed by atoms with Crippen LogP contribution in [0.3, 0.4) is 0 Å². The number of anilines is 1. The van der Waals surface area contributed by atoms with Gasteiger partial charge in [0.25, 0.3) is 0 Å². The van der Waals surface area contributed by atoms with Crippen LogP contribution in [0.25, 0.3) is 0 Å². The number of carboxylic acid groups (broad SMARTS) is 1. The molecule has 1 aliphatic heterocycles. The van der Waals surface area contributed by atoms with Gasteiger partial charge in [0, 0.05) is 5.41 Å². The lowest BCUT2D eigenvalue weighted by Crippen LogP contribution is -2.29. The van der Waals surface area contributed by atoms with Crippen molar-refractivity contribution < 1.29 is 19.4 Å². The third kappa shape index (κ3) is 4.03. The summed E-state index contributed by atoms with van der Waals surface area (Å²) < 4.78 is 5.09. The summed E-state index contributed by atoms with van der Waals surface area (Å²) in [6, 6.07) is 3.03. The van der Waals surface area contributed by atoms with E-state index in [-0.39, 0.29) is 17.2 Å². The molecule has 3 rings (SSSR count). The van der Waals surface area contributed by atoms with Gasteiger partial charge in [-0.3, -0.25) is 5.32 Å². The molecule has 1 aliphatic carbocycles. The molecule has 0 atom stereocenters. The number of hydrogen-bond acceptors (Lipinski definition) is 5. The van der Waals surface area contributed by atoms with E-state index >= 15 is 0 Å². The first-order valence-electron chi connectivity index (χ1n) is 8.36. The Bertz CT molecular complexity index is 604. The lowest BCUT2D eigenvalue weighted by atomic mass is 9.95. The fraction of sp³-hybridized carbons (Fsp3) is 0.588. The Hall–Kier alpha value is -2.15. The second kappa shape index (κ2) is 7.61. The van der Waals surface area contributed by atoms with Crippen molar-refractivity contribution in [2.45, 2.75) is 39.0 Å². The summed E-state index contributed by atoms with van der Waals surface area (Å²) in [4.78, 5) is 28.7. The van der Waals surface area contributed by atoms with Crippen molar-refractivity contribution >= 4 is 17.9 Å². The number of hydrogen-bond donors (Lipinski definition) is 2. The molecule has 1 spiro atoms. The highest BCUT2D eigenvalue weighted by atomic mass is 16.5. The number of amides is 1. The zero-order valence-electron chi connectivity index (χ0n) is 14.5. The van der Waals surface area contributed by atoms with Crippen molar-refractivity contribution in [2.24, 2.45) is 0 Å². The number of nitrogens with one attached hydrogen (secondary N) is 1. The molecule has 1 aromatic rings. The zero-order valence-corrected chi connectivity index (χ0v) is 14.5. The molecule has 0 unspecified atom stereocenters. The minimum Gasteiger partial charge on any atom is -0.465 e. The maximum absolute atomic E-state index is 11.5. The van der Waals surface area contributed by atoms with Crippen LogP contribution in [0.2, 0.25) is 0 Å². The van der Waals surface area contributed by atoms with E-state index in [0.717, 1.165) is 12.8 Å². The molecule has 0 radical (unpaired) electrons. The number of pyridine rings is 1. The SMILES string of the molecule is CCN(CC)CC.O=C(O)Nc1ccc2c(n1)C1(CC1)COC2=O. The third-order valence-corrected chi connectivity index (χ3v) is 4.53. The van der Waals surface area contributed by atoms with Gasteiger partial charge in [0.2, 0.25) is 0 Å². The van der Waals surface area contributed by atoms with E-state index in [1.807, 2.05) is 0 Å². The maximum Gasteiger partial charge on any atom is 0.410 e. The molecule has 1 aromatic heterocycles. The number of cyclic esters (lactones) is 1. The van der Waals surface area contributed by atoms with Gasteiger partial charge < -0.3 is 14.7 Å². The molecule has 7 heteroatoms. The van der Waals surface area contributed by atoms with Gasteiger partial charge in [-0.05, 0) is 44.6 Å². The normalized spacial score (nSPS) is 16.8. The molecule has 0 saturated heterocycles. The summed E-state index contributed by atoms with van der Waals surface area (Å²) in [6.45, 7) is 10.5. The number of aromatic nitrogens is 1. The second-order valence-electron chi connectivity index (χ2n) is 6.00. The highest BCUT2D eigenvalue weighted by molar-refractivity contribution is 5.93.